The van der Waals surface area contributed by atoms with Crippen LogP contribution >= 0.6 is 23.2 Å². The van der Waals surface area contributed by atoms with Gasteiger partial charge in [0.25, 0.3) is 0 Å². The van der Waals surface area contributed by atoms with Gasteiger partial charge in [-0.1, -0.05) is 35.3 Å². The number of rotatable bonds is 5. The number of halogens is 2. The summed E-state index contributed by atoms with van der Waals surface area (Å²) in [7, 11) is 0. The molecule has 0 saturated carbocycles. The fourth-order valence-electron chi connectivity index (χ4n) is 5.64. The molecule has 7 nitrogen and oxygen atoms in total. The SMILES string of the molecule is CC(C)(C)OC(=O)N1CCC(C(C)(O)CN2CCN(c3ccc(C#N)cc3Cl)C(c3ccc(Cl)cc3)C2)CC1. The molecule has 2 saturated heterocycles. The van der Waals surface area contributed by atoms with Gasteiger partial charge in [-0.05, 0) is 82.3 Å². The first kappa shape index (κ1) is 29.5. The van der Waals surface area contributed by atoms with Crippen molar-refractivity contribution in [1.29, 1.82) is 5.26 Å². The van der Waals surface area contributed by atoms with Gasteiger partial charge >= 0.3 is 6.09 Å². The molecule has 0 aromatic heterocycles. The average Bonchev–Trinajstić information content (AvgIpc) is 2.88. The quantitative estimate of drug-likeness (QED) is 0.464. The van der Waals surface area contributed by atoms with Crippen LogP contribution in [-0.2, 0) is 4.74 Å². The third-order valence-corrected chi connectivity index (χ3v) is 8.23. The summed E-state index contributed by atoms with van der Waals surface area (Å²) >= 11 is 12.8. The molecule has 1 N–H and O–H groups in total. The van der Waals surface area contributed by atoms with Gasteiger partial charge in [-0.25, -0.2) is 4.79 Å². The van der Waals surface area contributed by atoms with E-state index in [1.54, 1.807) is 17.0 Å². The molecule has 0 radical (unpaired) electrons. The molecule has 2 aliphatic rings. The summed E-state index contributed by atoms with van der Waals surface area (Å²) < 4.78 is 5.53. The molecule has 2 aromatic rings. The van der Waals surface area contributed by atoms with Gasteiger partial charge in [-0.15, -0.1) is 0 Å². The van der Waals surface area contributed by atoms with Gasteiger partial charge in [0, 0.05) is 44.3 Å². The topological polar surface area (TPSA) is 80.0 Å². The molecule has 9 heteroatoms. The number of aliphatic hydroxyl groups is 1. The smallest absolute Gasteiger partial charge is 0.410 e. The lowest BCUT2D eigenvalue weighted by Crippen LogP contribution is -2.56. The largest absolute Gasteiger partial charge is 0.444 e. The Morgan fingerprint density at radius 1 is 1.05 bits per heavy atom. The number of carbonyl (C=O) groups is 1. The van der Waals surface area contributed by atoms with Crippen LogP contribution in [-0.4, -0.2) is 71.5 Å². The molecule has 2 atom stereocenters. The van der Waals surface area contributed by atoms with E-state index in [2.05, 4.69) is 15.9 Å². The molecule has 0 aliphatic carbocycles. The molecule has 2 unspecified atom stereocenters. The Kier molecular flexibility index (Phi) is 9.02. The second-order valence-corrected chi connectivity index (χ2v) is 12.7. The fraction of sp³-hybridized carbons (Fsp3) is 0.533. The number of nitriles is 1. The molecule has 2 fully saturated rings. The van der Waals surface area contributed by atoms with Gasteiger partial charge < -0.3 is 19.6 Å². The van der Waals surface area contributed by atoms with E-state index in [1.807, 2.05) is 58.0 Å². The van der Waals surface area contributed by atoms with Crippen LogP contribution in [0.5, 0.6) is 0 Å². The predicted octanol–water partition coefficient (Wildman–Crippen LogP) is 6.13. The van der Waals surface area contributed by atoms with Crippen molar-refractivity contribution in [2.24, 2.45) is 5.92 Å². The Labute approximate surface area is 241 Å². The molecular weight excluding hydrogens is 535 g/mol. The first-order valence-corrected chi connectivity index (χ1v) is 14.3. The number of β-amino-alcohol motifs (C(OH)–C–C–N with tert-alkyl or cyclic N) is 1. The van der Waals surface area contributed by atoms with E-state index in [0.717, 1.165) is 30.6 Å². The second-order valence-electron chi connectivity index (χ2n) is 11.9. The minimum Gasteiger partial charge on any atom is -0.444 e. The minimum atomic E-state index is -0.904. The fourth-order valence-corrected chi connectivity index (χ4v) is 6.06. The first-order chi connectivity index (χ1) is 18.4. The number of piperidine rings is 1. The summed E-state index contributed by atoms with van der Waals surface area (Å²) in [6.07, 6.45) is 1.17. The Bertz CT molecular complexity index is 1200. The molecule has 210 valence electrons. The Morgan fingerprint density at radius 3 is 2.31 bits per heavy atom. The summed E-state index contributed by atoms with van der Waals surface area (Å²) in [6, 6.07) is 15.4. The van der Waals surface area contributed by atoms with E-state index in [4.69, 9.17) is 27.9 Å². The van der Waals surface area contributed by atoms with Crippen LogP contribution in [0.4, 0.5) is 10.5 Å². The Morgan fingerprint density at radius 2 is 1.72 bits per heavy atom. The molecule has 2 aliphatic heterocycles. The van der Waals surface area contributed by atoms with E-state index in [-0.39, 0.29) is 18.1 Å². The monoisotopic (exact) mass is 572 g/mol. The molecule has 2 heterocycles. The van der Waals surface area contributed by atoms with Crippen LogP contribution < -0.4 is 4.90 Å². The minimum absolute atomic E-state index is 0.00809. The van der Waals surface area contributed by atoms with E-state index in [9.17, 15) is 15.2 Å². The van der Waals surface area contributed by atoms with Crippen molar-refractivity contribution in [2.75, 3.05) is 44.2 Å². The van der Waals surface area contributed by atoms with Crippen molar-refractivity contribution < 1.29 is 14.6 Å². The highest BCUT2D eigenvalue weighted by molar-refractivity contribution is 6.33. The van der Waals surface area contributed by atoms with Crippen LogP contribution in [0.1, 0.15) is 57.7 Å². The van der Waals surface area contributed by atoms with Crippen LogP contribution in [0.25, 0.3) is 0 Å². The lowest BCUT2D eigenvalue weighted by molar-refractivity contribution is -0.0564. The summed E-state index contributed by atoms with van der Waals surface area (Å²) in [5.41, 5.74) is 1.09. The predicted molar refractivity (Wildman–Crippen MR) is 155 cm³/mol. The zero-order valence-corrected chi connectivity index (χ0v) is 24.7. The van der Waals surface area contributed by atoms with Crippen LogP contribution in [0, 0.1) is 17.2 Å². The Hall–Kier alpha value is -2.50. The van der Waals surface area contributed by atoms with Crippen molar-refractivity contribution in [3.05, 3.63) is 63.6 Å². The highest BCUT2D eigenvalue weighted by Crippen LogP contribution is 2.37. The van der Waals surface area contributed by atoms with Crippen LogP contribution in [0.2, 0.25) is 10.0 Å². The molecule has 2 aromatic carbocycles. The first-order valence-electron chi connectivity index (χ1n) is 13.5. The third kappa shape index (κ3) is 7.37. The second kappa shape index (κ2) is 11.9. The molecule has 0 bridgehead atoms. The maximum absolute atomic E-state index is 12.5. The zero-order chi connectivity index (χ0) is 28.4. The number of piperazine rings is 1. The van der Waals surface area contributed by atoms with Gasteiger partial charge in [0.2, 0.25) is 0 Å². The number of carbonyl (C=O) groups excluding carboxylic acids is 1. The van der Waals surface area contributed by atoms with Crippen molar-refractivity contribution in [3.8, 4) is 6.07 Å². The van der Waals surface area contributed by atoms with E-state index in [0.29, 0.717) is 48.3 Å². The lowest BCUT2D eigenvalue weighted by Gasteiger charge is -2.47. The zero-order valence-electron chi connectivity index (χ0n) is 23.2. The highest BCUT2D eigenvalue weighted by atomic mass is 35.5. The molecular formula is C30H38Cl2N4O3. The van der Waals surface area contributed by atoms with Gasteiger partial charge in [0.1, 0.15) is 5.60 Å². The van der Waals surface area contributed by atoms with Gasteiger partial charge in [-0.2, -0.15) is 5.26 Å². The van der Waals surface area contributed by atoms with E-state index >= 15 is 0 Å². The third-order valence-electron chi connectivity index (χ3n) is 7.68. The summed E-state index contributed by atoms with van der Waals surface area (Å²) in [5.74, 6) is 0.0798. The molecule has 4 rings (SSSR count). The maximum Gasteiger partial charge on any atom is 0.410 e. The number of hydrogen-bond acceptors (Lipinski definition) is 6. The number of likely N-dealkylation sites (tertiary alicyclic amines) is 1. The molecule has 39 heavy (non-hydrogen) atoms. The summed E-state index contributed by atoms with van der Waals surface area (Å²) in [4.78, 5) is 18.8. The van der Waals surface area contributed by atoms with Crippen LogP contribution in [0.3, 0.4) is 0 Å². The number of benzene rings is 2. The van der Waals surface area contributed by atoms with Crippen molar-refractivity contribution in [3.63, 3.8) is 0 Å². The number of amides is 1. The summed E-state index contributed by atoms with van der Waals surface area (Å²) in [6.45, 7) is 11.4. The number of ether oxygens (including phenoxy) is 1. The Balaban J connectivity index is 1.46. The van der Waals surface area contributed by atoms with Gasteiger partial charge in [0.15, 0.2) is 0 Å². The number of anilines is 1. The van der Waals surface area contributed by atoms with Crippen molar-refractivity contribution in [1.82, 2.24) is 9.80 Å². The maximum atomic E-state index is 12.5. The summed E-state index contributed by atoms with van der Waals surface area (Å²) in [5, 5.41) is 22.1. The average molecular weight is 574 g/mol. The molecule has 1 amide bonds. The number of nitrogens with zero attached hydrogens (tertiary/aromatic N) is 4. The standard InChI is InChI=1S/C30H38Cl2N4O3/c1-29(2,3)39-28(37)35-13-11-23(12-14-35)30(4,38)20-34-15-16-36(26-10-5-21(18-33)17-25(26)32)27(19-34)22-6-8-24(31)9-7-22/h5-10,17,23,27,38H,11-16,19-20H2,1-4H3. The lowest BCUT2D eigenvalue weighted by atomic mass is 9.81. The van der Waals surface area contributed by atoms with Gasteiger partial charge in [-0.3, -0.25) is 4.90 Å². The highest BCUT2D eigenvalue weighted by Gasteiger charge is 2.39. The van der Waals surface area contributed by atoms with E-state index in [1.165, 1.54) is 0 Å². The van der Waals surface area contributed by atoms with Gasteiger partial charge in [0.05, 0.1) is 34.0 Å². The van der Waals surface area contributed by atoms with Crippen LogP contribution in [0.15, 0.2) is 42.5 Å². The normalized spacial score (nSPS) is 20.8. The number of hydrogen-bond donors (Lipinski definition) is 1. The molecule has 0 spiro atoms. The van der Waals surface area contributed by atoms with Crippen molar-refractivity contribution in [2.45, 2.75) is 57.8 Å². The van der Waals surface area contributed by atoms with E-state index < -0.39 is 11.2 Å². The van der Waals surface area contributed by atoms with Crippen molar-refractivity contribution >= 4 is 35.0 Å².